The van der Waals surface area contributed by atoms with Crippen LogP contribution in [-0.2, 0) is 14.4 Å². The van der Waals surface area contributed by atoms with Crippen LogP contribution in [0.5, 0.6) is 5.75 Å². The van der Waals surface area contributed by atoms with Crippen molar-refractivity contribution in [3.8, 4) is 5.75 Å². The fourth-order valence-electron chi connectivity index (χ4n) is 3.04. The van der Waals surface area contributed by atoms with Crippen molar-refractivity contribution in [1.82, 2.24) is 0 Å². The van der Waals surface area contributed by atoms with Crippen LogP contribution in [0.15, 0.2) is 83.8 Å². The van der Waals surface area contributed by atoms with E-state index in [2.05, 4.69) is 10.6 Å². The lowest BCUT2D eigenvalue weighted by Crippen LogP contribution is -2.19. The number of methoxy groups -OCH3 is 1. The number of carbonyl (C=O) groups is 3. The Bertz CT molecular complexity index is 1120. The summed E-state index contributed by atoms with van der Waals surface area (Å²) in [6.45, 7) is 0. The first kappa shape index (κ1) is 23.9. The molecule has 0 aromatic heterocycles. The number of amides is 2. The summed E-state index contributed by atoms with van der Waals surface area (Å²) in [6, 6.07) is 23.7. The van der Waals surface area contributed by atoms with Crippen LogP contribution in [0.2, 0.25) is 0 Å². The van der Waals surface area contributed by atoms with Crippen LogP contribution in [0.1, 0.15) is 23.7 Å². The lowest BCUT2D eigenvalue weighted by Gasteiger charge is -2.18. The quantitative estimate of drug-likeness (QED) is 0.366. The number of anilines is 2. The van der Waals surface area contributed by atoms with Crippen molar-refractivity contribution in [3.05, 3.63) is 84.4 Å². The average molecular weight is 465 g/mol. The molecule has 33 heavy (non-hydrogen) atoms. The molecule has 0 bridgehead atoms. The van der Waals surface area contributed by atoms with Gasteiger partial charge in [-0.25, -0.2) is 0 Å². The van der Waals surface area contributed by atoms with E-state index in [4.69, 9.17) is 9.84 Å². The monoisotopic (exact) mass is 464 g/mol. The van der Waals surface area contributed by atoms with Crippen molar-refractivity contribution in [2.24, 2.45) is 0 Å². The first-order chi connectivity index (χ1) is 15.9. The van der Waals surface area contributed by atoms with Crippen molar-refractivity contribution in [2.75, 3.05) is 17.7 Å². The molecule has 0 fully saturated rings. The number of hydrogen-bond acceptors (Lipinski definition) is 5. The zero-order valence-electron chi connectivity index (χ0n) is 18.0. The highest BCUT2D eigenvalue weighted by Gasteiger charge is 2.22. The summed E-state index contributed by atoms with van der Waals surface area (Å²) >= 11 is 1.35. The number of aliphatic carboxylic acids is 1. The Labute approximate surface area is 196 Å². The fraction of sp³-hybridized carbons (Fsp3) is 0.160. The van der Waals surface area contributed by atoms with Crippen LogP contribution in [0.25, 0.3) is 0 Å². The molecule has 3 aromatic rings. The number of rotatable bonds is 10. The van der Waals surface area contributed by atoms with E-state index in [1.165, 1.54) is 11.8 Å². The van der Waals surface area contributed by atoms with Crippen molar-refractivity contribution < 1.29 is 24.2 Å². The minimum atomic E-state index is -1.03. The molecule has 0 aliphatic carbocycles. The third-order valence-corrected chi connectivity index (χ3v) is 5.86. The minimum Gasteiger partial charge on any atom is -0.497 e. The maximum Gasteiger partial charge on any atom is 0.303 e. The molecule has 0 spiro atoms. The summed E-state index contributed by atoms with van der Waals surface area (Å²) in [4.78, 5) is 36.7. The van der Waals surface area contributed by atoms with Crippen LogP contribution in [0.4, 0.5) is 11.4 Å². The van der Waals surface area contributed by atoms with Gasteiger partial charge in [0.15, 0.2) is 0 Å². The Balaban J connectivity index is 1.77. The number of ether oxygens (including phenoxy) is 1. The van der Waals surface area contributed by atoms with Gasteiger partial charge in [0.1, 0.15) is 11.0 Å². The Morgan fingerprint density at radius 1 is 0.879 bits per heavy atom. The SMILES string of the molecule is COc1cccc(NC(=O)C(Sc2cccc(NC(=O)CCC(=O)O)c2)c2ccccc2)c1. The van der Waals surface area contributed by atoms with Gasteiger partial charge in [-0.15, -0.1) is 11.8 Å². The van der Waals surface area contributed by atoms with E-state index < -0.39 is 11.2 Å². The third-order valence-electron chi connectivity index (χ3n) is 4.62. The molecular weight excluding hydrogens is 440 g/mol. The highest BCUT2D eigenvalue weighted by molar-refractivity contribution is 8.00. The molecule has 3 N–H and O–H groups in total. The summed E-state index contributed by atoms with van der Waals surface area (Å²) in [5, 5.41) is 13.8. The Morgan fingerprint density at radius 2 is 1.58 bits per heavy atom. The number of carboxylic acids is 1. The Hall–Kier alpha value is -3.78. The molecule has 1 unspecified atom stereocenters. The van der Waals surface area contributed by atoms with E-state index in [0.717, 1.165) is 10.5 Å². The van der Waals surface area contributed by atoms with Gasteiger partial charge in [0.05, 0.1) is 13.5 Å². The molecule has 3 aromatic carbocycles. The maximum atomic E-state index is 13.2. The molecule has 1 atom stereocenters. The largest absolute Gasteiger partial charge is 0.497 e. The van der Waals surface area contributed by atoms with Crippen molar-refractivity contribution in [1.29, 1.82) is 0 Å². The number of benzene rings is 3. The zero-order valence-corrected chi connectivity index (χ0v) is 18.8. The molecule has 3 rings (SSSR count). The van der Waals surface area contributed by atoms with Crippen LogP contribution < -0.4 is 15.4 Å². The predicted octanol–water partition coefficient (Wildman–Crippen LogP) is 4.97. The second-order valence-electron chi connectivity index (χ2n) is 7.10. The number of nitrogens with one attached hydrogen (secondary N) is 2. The number of thioether (sulfide) groups is 1. The van der Waals surface area contributed by atoms with Gasteiger partial charge in [-0.05, 0) is 35.9 Å². The predicted molar refractivity (Wildman–Crippen MR) is 129 cm³/mol. The van der Waals surface area contributed by atoms with E-state index in [-0.39, 0.29) is 24.7 Å². The van der Waals surface area contributed by atoms with E-state index in [1.807, 2.05) is 36.4 Å². The zero-order chi connectivity index (χ0) is 23.6. The van der Waals surface area contributed by atoms with Crippen LogP contribution in [0, 0.1) is 0 Å². The molecule has 170 valence electrons. The highest BCUT2D eigenvalue weighted by Crippen LogP contribution is 2.37. The molecule has 2 amide bonds. The highest BCUT2D eigenvalue weighted by atomic mass is 32.2. The number of carbonyl (C=O) groups excluding carboxylic acids is 2. The van der Waals surface area contributed by atoms with Crippen molar-refractivity contribution in [2.45, 2.75) is 23.0 Å². The second kappa shape index (κ2) is 11.7. The summed E-state index contributed by atoms with van der Waals surface area (Å²) in [6.07, 6.45) is -0.344. The Kier molecular flexibility index (Phi) is 8.49. The molecule has 8 heteroatoms. The van der Waals surface area contributed by atoms with Gasteiger partial charge in [0, 0.05) is 28.8 Å². The number of carboxylic acid groups (broad SMARTS) is 1. The second-order valence-corrected chi connectivity index (χ2v) is 8.28. The lowest BCUT2D eigenvalue weighted by molar-refractivity contribution is -0.138. The van der Waals surface area contributed by atoms with E-state index in [1.54, 1.807) is 49.6 Å². The molecule has 0 aliphatic heterocycles. The van der Waals surface area contributed by atoms with Crippen molar-refractivity contribution in [3.63, 3.8) is 0 Å². The summed E-state index contributed by atoms with van der Waals surface area (Å²) in [5.41, 5.74) is 1.99. The van der Waals surface area contributed by atoms with Gasteiger partial charge in [0.2, 0.25) is 11.8 Å². The van der Waals surface area contributed by atoms with Gasteiger partial charge >= 0.3 is 5.97 Å². The molecule has 0 aliphatic rings. The first-order valence-electron chi connectivity index (χ1n) is 10.2. The smallest absolute Gasteiger partial charge is 0.303 e. The minimum absolute atomic E-state index is 0.109. The normalized spacial score (nSPS) is 11.3. The van der Waals surface area contributed by atoms with Gasteiger partial charge in [0.25, 0.3) is 0 Å². The van der Waals surface area contributed by atoms with Crippen LogP contribution >= 0.6 is 11.8 Å². The van der Waals surface area contributed by atoms with Gasteiger partial charge in [-0.1, -0.05) is 42.5 Å². The molecule has 0 saturated carbocycles. The van der Waals surface area contributed by atoms with Gasteiger partial charge in [-0.2, -0.15) is 0 Å². The number of hydrogen-bond donors (Lipinski definition) is 3. The summed E-state index contributed by atoms with van der Waals surface area (Å²) < 4.78 is 5.23. The topological polar surface area (TPSA) is 105 Å². The molecule has 7 nitrogen and oxygen atoms in total. The van der Waals surface area contributed by atoms with Crippen molar-refractivity contribution >= 4 is 40.9 Å². The van der Waals surface area contributed by atoms with Crippen LogP contribution in [0.3, 0.4) is 0 Å². The summed E-state index contributed by atoms with van der Waals surface area (Å²) in [5.74, 6) is -0.962. The standard InChI is InChI=1S/C25H24N2O5S/c1-32-20-11-5-9-18(15-20)27-25(31)24(17-7-3-2-4-8-17)33-21-12-6-10-19(16-21)26-22(28)13-14-23(29)30/h2-12,15-16,24H,13-14H2,1H3,(H,26,28)(H,27,31)(H,29,30). The molecule has 0 saturated heterocycles. The molecular formula is C25H24N2O5S. The first-order valence-corrected chi connectivity index (χ1v) is 11.1. The average Bonchev–Trinajstić information content (AvgIpc) is 2.82. The van der Waals surface area contributed by atoms with E-state index >= 15 is 0 Å². The van der Waals surface area contributed by atoms with E-state index in [0.29, 0.717) is 17.1 Å². The molecule has 0 radical (unpaired) electrons. The van der Waals surface area contributed by atoms with Crippen LogP contribution in [-0.4, -0.2) is 30.0 Å². The van der Waals surface area contributed by atoms with Gasteiger partial charge in [-0.3, -0.25) is 14.4 Å². The summed E-state index contributed by atoms with van der Waals surface area (Å²) in [7, 11) is 1.57. The van der Waals surface area contributed by atoms with E-state index in [9.17, 15) is 14.4 Å². The van der Waals surface area contributed by atoms with Gasteiger partial charge < -0.3 is 20.5 Å². The lowest BCUT2D eigenvalue weighted by atomic mass is 10.1. The Morgan fingerprint density at radius 3 is 2.27 bits per heavy atom. The maximum absolute atomic E-state index is 13.2. The fourth-order valence-corrected chi connectivity index (χ4v) is 4.12. The molecule has 0 heterocycles. The third kappa shape index (κ3) is 7.40.